The first-order valence-corrected chi connectivity index (χ1v) is 8.69. The maximum atomic E-state index is 11.8. The minimum absolute atomic E-state index is 0.0289. The van der Waals surface area contributed by atoms with Crippen molar-refractivity contribution in [2.45, 2.75) is 19.3 Å². The number of rotatable bonds is 9. The highest BCUT2D eigenvalue weighted by Crippen LogP contribution is 2.28. The lowest BCUT2D eigenvalue weighted by Crippen LogP contribution is -2.36. The highest BCUT2D eigenvalue weighted by Gasteiger charge is 2.06. The minimum Gasteiger partial charge on any atom is -0.493 e. The number of ether oxygens (including phenoxy) is 2. The van der Waals surface area contributed by atoms with E-state index in [9.17, 15) is 4.79 Å². The Labute approximate surface area is 159 Å². The molecule has 7 heteroatoms. The van der Waals surface area contributed by atoms with E-state index in [0.29, 0.717) is 0 Å². The SMILES string of the molecule is COc1ccc(CCCc2cccc(NC(=O)CNC(=N)N)c2)cc1OC. The molecule has 0 radical (unpaired) electrons. The molecular weight excluding hydrogens is 344 g/mol. The molecule has 2 aromatic carbocycles. The number of anilines is 1. The van der Waals surface area contributed by atoms with Gasteiger partial charge in [0.05, 0.1) is 20.8 Å². The Bertz CT molecular complexity index is 793. The topological polar surface area (TPSA) is 109 Å². The lowest BCUT2D eigenvalue weighted by Gasteiger charge is -2.10. The molecule has 5 N–H and O–H groups in total. The average Bonchev–Trinajstić information content (AvgIpc) is 2.66. The number of nitrogens with one attached hydrogen (secondary N) is 3. The molecule has 2 rings (SSSR count). The second-order valence-electron chi connectivity index (χ2n) is 6.06. The van der Waals surface area contributed by atoms with E-state index < -0.39 is 0 Å². The van der Waals surface area contributed by atoms with Gasteiger partial charge in [-0.3, -0.25) is 10.2 Å². The second-order valence-corrected chi connectivity index (χ2v) is 6.06. The summed E-state index contributed by atoms with van der Waals surface area (Å²) in [7, 11) is 3.26. The standard InChI is InChI=1S/C20H26N4O3/c1-26-17-10-9-15(12-18(17)27-2)6-3-5-14-7-4-8-16(11-14)24-19(25)13-23-20(21)22/h4,7-12H,3,5-6,13H2,1-2H3,(H,24,25)(H4,21,22,23). The van der Waals surface area contributed by atoms with Crippen LogP contribution in [0.4, 0.5) is 5.69 Å². The maximum absolute atomic E-state index is 11.8. The van der Waals surface area contributed by atoms with Crippen LogP contribution in [0.5, 0.6) is 11.5 Å². The summed E-state index contributed by atoms with van der Waals surface area (Å²) in [5, 5.41) is 12.3. The molecule has 0 fully saturated rings. The van der Waals surface area contributed by atoms with E-state index in [1.807, 2.05) is 42.5 Å². The zero-order valence-corrected chi connectivity index (χ0v) is 15.7. The molecular formula is C20H26N4O3. The third-order valence-electron chi connectivity index (χ3n) is 4.03. The number of carbonyl (C=O) groups is 1. The van der Waals surface area contributed by atoms with Crippen molar-refractivity contribution in [3.63, 3.8) is 0 Å². The summed E-state index contributed by atoms with van der Waals surface area (Å²) < 4.78 is 10.6. The predicted octanol–water partition coefficient (Wildman–Crippen LogP) is 2.30. The number of guanidine groups is 1. The maximum Gasteiger partial charge on any atom is 0.243 e. The summed E-state index contributed by atoms with van der Waals surface area (Å²) in [6.07, 6.45) is 2.78. The van der Waals surface area contributed by atoms with Crippen molar-refractivity contribution in [2.75, 3.05) is 26.1 Å². The van der Waals surface area contributed by atoms with Crippen LogP contribution in [-0.4, -0.2) is 32.6 Å². The first-order chi connectivity index (χ1) is 13.0. The molecule has 0 saturated carbocycles. The van der Waals surface area contributed by atoms with Gasteiger partial charge < -0.3 is 25.8 Å². The smallest absolute Gasteiger partial charge is 0.243 e. The number of hydrogen-bond acceptors (Lipinski definition) is 4. The van der Waals surface area contributed by atoms with Gasteiger partial charge in [0.15, 0.2) is 17.5 Å². The summed E-state index contributed by atoms with van der Waals surface area (Å²) >= 11 is 0. The predicted molar refractivity (Wildman–Crippen MR) is 107 cm³/mol. The van der Waals surface area contributed by atoms with E-state index >= 15 is 0 Å². The molecule has 0 aliphatic heterocycles. The first-order valence-electron chi connectivity index (χ1n) is 8.69. The molecule has 0 heterocycles. The van der Waals surface area contributed by atoms with Crippen LogP contribution in [0.2, 0.25) is 0 Å². The molecule has 0 aliphatic carbocycles. The lowest BCUT2D eigenvalue weighted by molar-refractivity contribution is -0.115. The number of nitrogens with two attached hydrogens (primary N) is 1. The van der Waals surface area contributed by atoms with Crippen LogP contribution in [0.3, 0.4) is 0 Å². The van der Waals surface area contributed by atoms with Crippen LogP contribution in [0.1, 0.15) is 17.5 Å². The van der Waals surface area contributed by atoms with Crippen molar-refractivity contribution in [1.29, 1.82) is 5.41 Å². The van der Waals surface area contributed by atoms with Crippen molar-refractivity contribution in [2.24, 2.45) is 5.73 Å². The third-order valence-corrected chi connectivity index (χ3v) is 4.03. The average molecular weight is 370 g/mol. The molecule has 0 spiro atoms. The Kier molecular flexibility index (Phi) is 7.49. The fraction of sp³-hybridized carbons (Fsp3) is 0.300. The zero-order chi connectivity index (χ0) is 19.6. The van der Waals surface area contributed by atoms with E-state index in [1.165, 1.54) is 5.56 Å². The van der Waals surface area contributed by atoms with Gasteiger partial charge in [0.25, 0.3) is 0 Å². The van der Waals surface area contributed by atoms with Gasteiger partial charge in [-0.1, -0.05) is 18.2 Å². The van der Waals surface area contributed by atoms with E-state index in [1.54, 1.807) is 14.2 Å². The molecule has 144 valence electrons. The Morgan fingerprint density at radius 1 is 1.04 bits per heavy atom. The number of methoxy groups -OCH3 is 2. The highest BCUT2D eigenvalue weighted by atomic mass is 16.5. The van der Waals surface area contributed by atoms with Crippen LogP contribution < -0.4 is 25.8 Å². The van der Waals surface area contributed by atoms with Gasteiger partial charge >= 0.3 is 0 Å². The van der Waals surface area contributed by atoms with Gasteiger partial charge in [-0.25, -0.2) is 0 Å². The van der Waals surface area contributed by atoms with Crippen molar-refractivity contribution in [3.05, 3.63) is 53.6 Å². The van der Waals surface area contributed by atoms with Gasteiger partial charge in [-0.15, -0.1) is 0 Å². The highest BCUT2D eigenvalue weighted by molar-refractivity contribution is 5.94. The fourth-order valence-electron chi connectivity index (χ4n) is 2.72. The number of carbonyl (C=O) groups excluding carboxylic acids is 1. The van der Waals surface area contributed by atoms with Crippen LogP contribution in [-0.2, 0) is 17.6 Å². The monoisotopic (exact) mass is 370 g/mol. The van der Waals surface area contributed by atoms with Crippen LogP contribution in [0.25, 0.3) is 0 Å². The Balaban J connectivity index is 1.87. The summed E-state index contributed by atoms with van der Waals surface area (Å²) in [4.78, 5) is 11.8. The number of aryl methyl sites for hydroxylation is 2. The summed E-state index contributed by atoms with van der Waals surface area (Å²) in [5.41, 5.74) is 8.24. The van der Waals surface area contributed by atoms with Crippen LogP contribution in [0.15, 0.2) is 42.5 Å². The third kappa shape index (κ3) is 6.54. The second kappa shape index (κ2) is 10.1. The van der Waals surface area contributed by atoms with E-state index in [2.05, 4.69) is 10.6 Å². The molecule has 0 aliphatic rings. The van der Waals surface area contributed by atoms with E-state index in [-0.39, 0.29) is 18.4 Å². The molecule has 0 aromatic heterocycles. The van der Waals surface area contributed by atoms with Crippen LogP contribution in [0, 0.1) is 5.41 Å². The van der Waals surface area contributed by atoms with Gasteiger partial charge in [-0.05, 0) is 54.7 Å². The number of hydrogen-bond donors (Lipinski definition) is 4. The fourth-order valence-corrected chi connectivity index (χ4v) is 2.72. The molecule has 7 nitrogen and oxygen atoms in total. The van der Waals surface area contributed by atoms with Crippen molar-refractivity contribution in [3.8, 4) is 11.5 Å². The molecule has 0 unspecified atom stereocenters. The molecule has 2 aromatic rings. The van der Waals surface area contributed by atoms with E-state index in [0.717, 1.165) is 42.0 Å². The minimum atomic E-state index is -0.243. The van der Waals surface area contributed by atoms with Crippen molar-refractivity contribution in [1.82, 2.24) is 5.32 Å². The van der Waals surface area contributed by atoms with Gasteiger partial charge in [0.1, 0.15) is 0 Å². The molecule has 0 atom stereocenters. The first kappa shape index (κ1) is 20.1. The zero-order valence-electron chi connectivity index (χ0n) is 15.7. The van der Waals surface area contributed by atoms with Crippen molar-refractivity contribution >= 4 is 17.6 Å². The Hall–Kier alpha value is -3.22. The van der Waals surface area contributed by atoms with Gasteiger partial charge in [0.2, 0.25) is 5.91 Å². The molecule has 0 bridgehead atoms. The number of amides is 1. The Morgan fingerprint density at radius 3 is 2.41 bits per heavy atom. The van der Waals surface area contributed by atoms with Crippen LogP contribution >= 0.6 is 0 Å². The molecule has 0 saturated heterocycles. The summed E-state index contributed by atoms with van der Waals surface area (Å²) in [6, 6.07) is 13.7. The molecule has 27 heavy (non-hydrogen) atoms. The van der Waals surface area contributed by atoms with Gasteiger partial charge in [0, 0.05) is 5.69 Å². The lowest BCUT2D eigenvalue weighted by atomic mass is 10.0. The number of benzene rings is 2. The quantitative estimate of drug-likeness (QED) is 0.400. The normalized spacial score (nSPS) is 10.1. The molecule has 1 amide bonds. The Morgan fingerprint density at radius 2 is 1.74 bits per heavy atom. The summed E-state index contributed by atoms with van der Waals surface area (Å²) in [5.74, 6) is 0.990. The summed E-state index contributed by atoms with van der Waals surface area (Å²) in [6.45, 7) is -0.0289. The van der Waals surface area contributed by atoms with E-state index in [4.69, 9.17) is 20.6 Å². The van der Waals surface area contributed by atoms with Crippen molar-refractivity contribution < 1.29 is 14.3 Å². The largest absolute Gasteiger partial charge is 0.493 e. The van der Waals surface area contributed by atoms with Gasteiger partial charge in [-0.2, -0.15) is 0 Å².